The maximum absolute atomic E-state index is 13.2. The van der Waals surface area contributed by atoms with Crippen LogP contribution in [0.2, 0.25) is 0 Å². The van der Waals surface area contributed by atoms with Crippen molar-refractivity contribution in [1.29, 1.82) is 0 Å². The molecular formula is C14H14FN3O3. The van der Waals surface area contributed by atoms with Gasteiger partial charge in [-0.05, 0) is 24.6 Å². The molecule has 0 bridgehead atoms. The van der Waals surface area contributed by atoms with Gasteiger partial charge in [-0.25, -0.2) is 14.2 Å². The summed E-state index contributed by atoms with van der Waals surface area (Å²) in [7, 11) is 0. The van der Waals surface area contributed by atoms with Gasteiger partial charge in [-0.3, -0.25) is 4.79 Å². The average molecular weight is 291 g/mol. The zero-order chi connectivity index (χ0) is 15.4. The van der Waals surface area contributed by atoms with E-state index in [0.29, 0.717) is 12.1 Å². The molecular weight excluding hydrogens is 277 g/mol. The van der Waals surface area contributed by atoms with Crippen LogP contribution in [0.4, 0.5) is 4.39 Å². The van der Waals surface area contributed by atoms with Crippen LogP contribution in [0.25, 0.3) is 0 Å². The van der Waals surface area contributed by atoms with Crippen molar-refractivity contribution in [1.82, 2.24) is 14.9 Å². The van der Waals surface area contributed by atoms with Crippen LogP contribution in [-0.4, -0.2) is 38.4 Å². The molecule has 0 spiro atoms. The van der Waals surface area contributed by atoms with Gasteiger partial charge in [0.05, 0.1) is 6.33 Å². The van der Waals surface area contributed by atoms with E-state index < -0.39 is 11.9 Å². The lowest BCUT2D eigenvalue weighted by atomic mass is 10.2. The lowest BCUT2D eigenvalue weighted by molar-refractivity contribution is 0.0667. The molecule has 0 aliphatic heterocycles. The summed E-state index contributed by atoms with van der Waals surface area (Å²) in [6.45, 7) is 2.28. The molecule has 1 aromatic heterocycles. The minimum Gasteiger partial charge on any atom is -0.477 e. The molecule has 2 aromatic rings. The maximum Gasteiger partial charge on any atom is 0.354 e. The zero-order valence-electron chi connectivity index (χ0n) is 11.3. The molecule has 0 aliphatic carbocycles. The number of carbonyl (C=O) groups excluding carboxylic acids is 1. The number of carboxylic acid groups (broad SMARTS) is 1. The second-order valence-corrected chi connectivity index (χ2v) is 4.38. The van der Waals surface area contributed by atoms with Gasteiger partial charge in [0.25, 0.3) is 5.91 Å². The summed E-state index contributed by atoms with van der Waals surface area (Å²) in [5.74, 6) is -2.15. The monoisotopic (exact) mass is 291 g/mol. The zero-order valence-corrected chi connectivity index (χ0v) is 11.3. The Balaban J connectivity index is 2.23. The number of imidazole rings is 1. The number of nitrogens with zero attached hydrogens (tertiary/aromatic N) is 2. The standard InChI is InChI=1S/C14H14FN3O3/c1-2-18(7-9-4-3-5-10(15)6-9)13(19)11-12(14(20)21)17-8-16-11/h3-6,8H,2,7H2,1H3,(H,16,17)(H,20,21). The second kappa shape index (κ2) is 6.17. The summed E-state index contributed by atoms with van der Waals surface area (Å²) in [5, 5.41) is 8.99. The highest BCUT2D eigenvalue weighted by molar-refractivity contribution is 6.02. The number of carboxylic acids is 1. The van der Waals surface area contributed by atoms with E-state index in [9.17, 15) is 14.0 Å². The lowest BCUT2D eigenvalue weighted by Gasteiger charge is -2.20. The topological polar surface area (TPSA) is 86.3 Å². The van der Waals surface area contributed by atoms with E-state index in [-0.39, 0.29) is 23.7 Å². The molecule has 2 rings (SSSR count). The number of aromatic amines is 1. The second-order valence-electron chi connectivity index (χ2n) is 4.38. The third-order valence-corrected chi connectivity index (χ3v) is 2.99. The Hall–Kier alpha value is -2.70. The Kier molecular flexibility index (Phi) is 4.32. The van der Waals surface area contributed by atoms with Crippen molar-refractivity contribution in [3.05, 3.63) is 53.4 Å². The van der Waals surface area contributed by atoms with Gasteiger partial charge >= 0.3 is 5.97 Å². The van der Waals surface area contributed by atoms with Crippen LogP contribution >= 0.6 is 0 Å². The predicted molar refractivity (Wildman–Crippen MR) is 72.4 cm³/mol. The van der Waals surface area contributed by atoms with Crippen molar-refractivity contribution in [2.24, 2.45) is 0 Å². The first-order valence-corrected chi connectivity index (χ1v) is 6.33. The first kappa shape index (κ1) is 14.7. The van der Waals surface area contributed by atoms with E-state index in [1.165, 1.54) is 17.0 Å². The molecule has 110 valence electrons. The lowest BCUT2D eigenvalue weighted by Crippen LogP contribution is -2.31. The van der Waals surface area contributed by atoms with Crippen LogP contribution in [-0.2, 0) is 6.54 Å². The highest BCUT2D eigenvalue weighted by atomic mass is 19.1. The van der Waals surface area contributed by atoms with Crippen LogP contribution in [0.1, 0.15) is 33.5 Å². The number of aromatic nitrogens is 2. The van der Waals surface area contributed by atoms with Crippen molar-refractivity contribution < 1.29 is 19.1 Å². The maximum atomic E-state index is 13.2. The molecule has 0 atom stereocenters. The van der Waals surface area contributed by atoms with Gasteiger partial charge in [0.1, 0.15) is 5.82 Å². The van der Waals surface area contributed by atoms with E-state index in [1.807, 2.05) is 0 Å². The highest BCUT2D eigenvalue weighted by Crippen LogP contribution is 2.12. The fourth-order valence-electron chi connectivity index (χ4n) is 1.95. The van der Waals surface area contributed by atoms with Crippen LogP contribution in [0, 0.1) is 5.82 Å². The quantitative estimate of drug-likeness (QED) is 0.881. The molecule has 0 saturated heterocycles. The molecule has 0 aliphatic rings. The third kappa shape index (κ3) is 3.25. The first-order valence-electron chi connectivity index (χ1n) is 6.33. The number of nitrogens with one attached hydrogen (secondary N) is 1. The fraction of sp³-hybridized carbons (Fsp3) is 0.214. The molecule has 2 N–H and O–H groups in total. The molecule has 1 amide bonds. The normalized spacial score (nSPS) is 10.4. The van der Waals surface area contributed by atoms with Gasteiger partial charge < -0.3 is 15.0 Å². The number of amides is 1. The molecule has 0 saturated carbocycles. The molecule has 1 heterocycles. The molecule has 21 heavy (non-hydrogen) atoms. The Morgan fingerprint density at radius 1 is 1.43 bits per heavy atom. The van der Waals surface area contributed by atoms with Crippen molar-refractivity contribution in [2.45, 2.75) is 13.5 Å². The number of halogens is 1. The molecule has 0 fully saturated rings. The molecule has 0 unspecified atom stereocenters. The number of rotatable bonds is 5. The van der Waals surface area contributed by atoms with Gasteiger partial charge in [0.2, 0.25) is 0 Å². The number of hydrogen-bond donors (Lipinski definition) is 2. The first-order chi connectivity index (χ1) is 10.0. The highest BCUT2D eigenvalue weighted by Gasteiger charge is 2.24. The Bertz CT molecular complexity index is 669. The van der Waals surface area contributed by atoms with E-state index in [2.05, 4.69) is 9.97 Å². The van der Waals surface area contributed by atoms with E-state index in [1.54, 1.807) is 19.1 Å². The average Bonchev–Trinajstić information content (AvgIpc) is 2.93. The summed E-state index contributed by atoms with van der Waals surface area (Å²) in [6.07, 6.45) is 1.16. The van der Waals surface area contributed by atoms with Crippen molar-refractivity contribution in [3.8, 4) is 0 Å². The van der Waals surface area contributed by atoms with E-state index >= 15 is 0 Å². The third-order valence-electron chi connectivity index (χ3n) is 2.99. The van der Waals surface area contributed by atoms with Gasteiger partial charge in [0.15, 0.2) is 11.4 Å². The van der Waals surface area contributed by atoms with Crippen molar-refractivity contribution >= 4 is 11.9 Å². The number of H-pyrrole nitrogens is 1. The fourth-order valence-corrected chi connectivity index (χ4v) is 1.95. The minimum absolute atomic E-state index is 0.152. The van der Waals surface area contributed by atoms with E-state index in [4.69, 9.17) is 5.11 Å². The van der Waals surface area contributed by atoms with Gasteiger partial charge in [-0.15, -0.1) is 0 Å². The number of benzene rings is 1. The summed E-state index contributed by atoms with van der Waals surface area (Å²) < 4.78 is 13.2. The van der Waals surface area contributed by atoms with Crippen LogP contribution < -0.4 is 0 Å². The van der Waals surface area contributed by atoms with Crippen LogP contribution in [0.15, 0.2) is 30.6 Å². The molecule has 7 heteroatoms. The van der Waals surface area contributed by atoms with Gasteiger partial charge in [-0.1, -0.05) is 12.1 Å². The minimum atomic E-state index is -1.25. The smallest absolute Gasteiger partial charge is 0.354 e. The summed E-state index contributed by atoms with van der Waals surface area (Å²) in [6, 6.07) is 5.90. The molecule has 6 nitrogen and oxygen atoms in total. The largest absolute Gasteiger partial charge is 0.477 e. The van der Waals surface area contributed by atoms with Gasteiger partial charge in [0, 0.05) is 13.1 Å². The van der Waals surface area contributed by atoms with Crippen molar-refractivity contribution in [2.75, 3.05) is 6.54 Å². The number of carbonyl (C=O) groups is 2. The Labute approximate surface area is 120 Å². The summed E-state index contributed by atoms with van der Waals surface area (Å²) >= 11 is 0. The predicted octanol–water partition coefficient (Wildman–Crippen LogP) is 1.91. The summed E-state index contributed by atoms with van der Waals surface area (Å²) in [5.41, 5.74) is 0.219. The van der Waals surface area contributed by atoms with Crippen LogP contribution in [0.3, 0.4) is 0 Å². The van der Waals surface area contributed by atoms with Gasteiger partial charge in [-0.2, -0.15) is 0 Å². The summed E-state index contributed by atoms with van der Waals surface area (Å²) in [4.78, 5) is 30.9. The number of hydrogen-bond acceptors (Lipinski definition) is 3. The van der Waals surface area contributed by atoms with E-state index in [0.717, 1.165) is 6.33 Å². The SMILES string of the molecule is CCN(Cc1cccc(F)c1)C(=O)c1nc[nH]c1C(=O)O. The number of aromatic carboxylic acids is 1. The molecule has 0 radical (unpaired) electrons. The van der Waals surface area contributed by atoms with Crippen LogP contribution in [0.5, 0.6) is 0 Å². The molecule has 1 aromatic carbocycles. The Morgan fingerprint density at radius 2 is 2.19 bits per heavy atom. The van der Waals surface area contributed by atoms with Crippen molar-refractivity contribution in [3.63, 3.8) is 0 Å². The Morgan fingerprint density at radius 3 is 2.81 bits per heavy atom.